The smallest absolute Gasteiger partial charge is 0.310 e. The van der Waals surface area contributed by atoms with Gasteiger partial charge in [0.2, 0.25) is 0 Å². The lowest BCUT2D eigenvalue weighted by Crippen LogP contribution is -2.51. The second-order valence-corrected chi connectivity index (χ2v) is 8.59. The minimum absolute atomic E-state index is 0.233. The molecule has 3 atom stereocenters. The Bertz CT molecular complexity index is 1180. The third kappa shape index (κ3) is 3.24. The van der Waals surface area contributed by atoms with Crippen LogP contribution < -0.4 is 5.73 Å². The SMILES string of the molecule is CCC(C)C(C)(N)C(C)C(=O)OCc1cc2cccc3ccc4cccc1c4c32. The minimum Gasteiger partial charge on any atom is -0.461 e. The summed E-state index contributed by atoms with van der Waals surface area (Å²) in [5.41, 5.74) is 6.92. The predicted octanol–water partition coefficient (Wildman–Crippen LogP) is 6.03. The lowest BCUT2D eigenvalue weighted by Gasteiger charge is -2.35. The van der Waals surface area contributed by atoms with Gasteiger partial charge in [0.05, 0.1) is 5.92 Å². The number of benzene rings is 4. The Morgan fingerprint density at radius 1 is 1.00 bits per heavy atom. The van der Waals surface area contributed by atoms with Gasteiger partial charge in [-0.2, -0.15) is 0 Å². The highest BCUT2D eigenvalue weighted by Gasteiger charge is 2.37. The van der Waals surface area contributed by atoms with Gasteiger partial charge in [-0.3, -0.25) is 4.79 Å². The second kappa shape index (κ2) is 7.31. The van der Waals surface area contributed by atoms with Crippen molar-refractivity contribution in [2.24, 2.45) is 17.6 Å². The van der Waals surface area contributed by atoms with Crippen molar-refractivity contribution < 1.29 is 9.53 Å². The Labute approximate surface area is 172 Å². The molecule has 3 unspecified atom stereocenters. The van der Waals surface area contributed by atoms with Crippen molar-refractivity contribution in [2.75, 3.05) is 0 Å². The van der Waals surface area contributed by atoms with Gasteiger partial charge < -0.3 is 10.5 Å². The topological polar surface area (TPSA) is 52.3 Å². The summed E-state index contributed by atoms with van der Waals surface area (Å²) in [7, 11) is 0. The molecule has 0 bridgehead atoms. The van der Waals surface area contributed by atoms with Crippen LogP contribution in [0.3, 0.4) is 0 Å². The third-order valence-electron chi connectivity index (χ3n) is 6.92. The molecular weight excluding hydrogens is 358 g/mol. The largest absolute Gasteiger partial charge is 0.461 e. The van der Waals surface area contributed by atoms with Gasteiger partial charge in [-0.1, -0.05) is 75.7 Å². The van der Waals surface area contributed by atoms with Crippen LogP contribution in [0.1, 0.15) is 39.7 Å². The number of nitrogens with two attached hydrogens (primary N) is 1. The molecule has 4 rings (SSSR count). The maximum atomic E-state index is 12.8. The van der Waals surface area contributed by atoms with E-state index in [-0.39, 0.29) is 24.4 Å². The first-order valence-corrected chi connectivity index (χ1v) is 10.5. The fraction of sp³-hybridized carbons (Fsp3) is 0.346. The predicted molar refractivity (Wildman–Crippen MR) is 121 cm³/mol. The van der Waals surface area contributed by atoms with Gasteiger partial charge in [0, 0.05) is 5.54 Å². The highest BCUT2D eigenvalue weighted by atomic mass is 16.5. The lowest BCUT2D eigenvalue weighted by molar-refractivity contribution is -0.152. The Balaban J connectivity index is 1.69. The van der Waals surface area contributed by atoms with Gasteiger partial charge in [-0.05, 0) is 56.8 Å². The first kappa shape index (κ1) is 19.7. The fourth-order valence-electron chi connectivity index (χ4n) is 4.35. The maximum absolute atomic E-state index is 12.8. The average molecular weight is 388 g/mol. The van der Waals surface area contributed by atoms with E-state index in [1.54, 1.807) is 0 Å². The summed E-state index contributed by atoms with van der Waals surface area (Å²) in [6.45, 7) is 8.26. The number of carbonyl (C=O) groups is 1. The minimum atomic E-state index is -0.592. The lowest BCUT2D eigenvalue weighted by atomic mass is 9.76. The molecule has 0 aliphatic rings. The highest BCUT2D eigenvalue weighted by Crippen LogP contribution is 2.37. The molecule has 29 heavy (non-hydrogen) atoms. The molecule has 0 saturated heterocycles. The van der Waals surface area contributed by atoms with Gasteiger partial charge in [-0.15, -0.1) is 0 Å². The number of carbonyl (C=O) groups excluding carboxylic acids is 1. The van der Waals surface area contributed by atoms with Crippen LogP contribution in [0.4, 0.5) is 0 Å². The normalized spacial score (nSPS) is 16.2. The molecule has 3 nitrogen and oxygen atoms in total. The van der Waals surface area contributed by atoms with Crippen LogP contribution in [-0.4, -0.2) is 11.5 Å². The molecule has 0 saturated carbocycles. The summed E-state index contributed by atoms with van der Waals surface area (Å²) in [6.07, 6.45) is 0.929. The molecule has 0 fully saturated rings. The maximum Gasteiger partial charge on any atom is 0.310 e. The first-order chi connectivity index (χ1) is 13.8. The third-order valence-corrected chi connectivity index (χ3v) is 6.92. The molecule has 150 valence electrons. The van der Waals surface area contributed by atoms with E-state index < -0.39 is 5.54 Å². The summed E-state index contributed by atoms with van der Waals surface area (Å²) in [5, 5.41) is 7.27. The van der Waals surface area contributed by atoms with Crippen LogP contribution in [0.25, 0.3) is 32.3 Å². The van der Waals surface area contributed by atoms with Crippen LogP contribution in [0, 0.1) is 11.8 Å². The monoisotopic (exact) mass is 387 g/mol. The molecule has 2 N–H and O–H groups in total. The summed E-state index contributed by atoms with van der Waals surface area (Å²) in [6, 6.07) is 19.1. The summed E-state index contributed by atoms with van der Waals surface area (Å²) >= 11 is 0. The van der Waals surface area contributed by atoms with E-state index in [1.807, 2.05) is 13.8 Å². The molecule has 4 aromatic rings. The van der Waals surface area contributed by atoms with E-state index in [4.69, 9.17) is 10.5 Å². The van der Waals surface area contributed by atoms with Gasteiger partial charge in [0.1, 0.15) is 6.61 Å². The Morgan fingerprint density at radius 2 is 1.62 bits per heavy atom. The molecule has 4 aromatic carbocycles. The molecule has 0 heterocycles. The van der Waals surface area contributed by atoms with Crippen molar-refractivity contribution in [1.82, 2.24) is 0 Å². The van der Waals surface area contributed by atoms with Crippen LogP contribution in [-0.2, 0) is 16.1 Å². The summed E-state index contributed by atoms with van der Waals surface area (Å²) in [5.74, 6) is -0.370. The van der Waals surface area contributed by atoms with E-state index in [0.717, 1.165) is 17.4 Å². The number of ether oxygens (including phenoxy) is 1. The fourth-order valence-corrected chi connectivity index (χ4v) is 4.35. The van der Waals surface area contributed by atoms with Gasteiger partial charge in [-0.25, -0.2) is 0 Å². The van der Waals surface area contributed by atoms with Crippen molar-refractivity contribution in [2.45, 2.75) is 46.3 Å². The van der Waals surface area contributed by atoms with E-state index in [1.165, 1.54) is 26.9 Å². The quantitative estimate of drug-likeness (QED) is 0.325. The standard InChI is InChI=1S/C26H29NO2/c1-5-16(2)26(4,27)17(3)25(28)29-15-21-14-20-10-6-8-18-12-13-19-9-7-11-22(21)24(19)23(18)20/h6-14,16-17H,5,15,27H2,1-4H3. The van der Waals surface area contributed by atoms with E-state index in [0.29, 0.717) is 0 Å². The van der Waals surface area contributed by atoms with Crippen LogP contribution in [0.15, 0.2) is 54.6 Å². The van der Waals surface area contributed by atoms with E-state index >= 15 is 0 Å². The molecule has 3 heteroatoms. The van der Waals surface area contributed by atoms with E-state index in [2.05, 4.69) is 68.4 Å². The molecule has 0 radical (unpaired) electrons. The summed E-state index contributed by atoms with van der Waals surface area (Å²) in [4.78, 5) is 12.8. The molecule has 0 aromatic heterocycles. The molecular formula is C26H29NO2. The highest BCUT2D eigenvalue weighted by molar-refractivity contribution is 6.23. The number of esters is 1. The van der Waals surface area contributed by atoms with Gasteiger partial charge >= 0.3 is 5.97 Å². The molecule has 0 aliphatic carbocycles. The van der Waals surface area contributed by atoms with Crippen molar-refractivity contribution in [3.8, 4) is 0 Å². The number of rotatable bonds is 6. The van der Waals surface area contributed by atoms with Crippen LogP contribution in [0.5, 0.6) is 0 Å². The van der Waals surface area contributed by atoms with Crippen molar-refractivity contribution in [1.29, 1.82) is 0 Å². The first-order valence-electron chi connectivity index (χ1n) is 10.5. The zero-order chi connectivity index (χ0) is 20.8. The Morgan fingerprint density at radius 3 is 2.31 bits per heavy atom. The summed E-state index contributed by atoms with van der Waals surface area (Å²) < 4.78 is 5.78. The Hall–Kier alpha value is -2.65. The zero-order valence-corrected chi connectivity index (χ0v) is 17.7. The second-order valence-electron chi connectivity index (χ2n) is 8.59. The zero-order valence-electron chi connectivity index (χ0n) is 17.7. The number of hydrogen-bond acceptors (Lipinski definition) is 3. The van der Waals surface area contributed by atoms with Crippen LogP contribution in [0.2, 0.25) is 0 Å². The molecule has 0 amide bonds. The van der Waals surface area contributed by atoms with Gasteiger partial charge in [0.25, 0.3) is 0 Å². The Kier molecular flexibility index (Phi) is 4.95. The van der Waals surface area contributed by atoms with E-state index in [9.17, 15) is 4.79 Å². The van der Waals surface area contributed by atoms with Crippen LogP contribution >= 0.6 is 0 Å². The molecule has 0 spiro atoms. The van der Waals surface area contributed by atoms with Gasteiger partial charge in [0.15, 0.2) is 0 Å². The van der Waals surface area contributed by atoms with Crippen molar-refractivity contribution in [3.63, 3.8) is 0 Å². The number of hydrogen-bond donors (Lipinski definition) is 1. The van der Waals surface area contributed by atoms with Crippen molar-refractivity contribution in [3.05, 3.63) is 60.2 Å². The van der Waals surface area contributed by atoms with Crippen molar-refractivity contribution >= 4 is 38.3 Å². The average Bonchev–Trinajstić information content (AvgIpc) is 2.74. The molecule has 0 aliphatic heterocycles.